The van der Waals surface area contributed by atoms with Crippen LogP contribution >= 0.6 is 23.2 Å². The van der Waals surface area contributed by atoms with E-state index < -0.39 is 17.5 Å². The Balaban J connectivity index is 1.19. The molecule has 3 fully saturated rings. The molecule has 3 aliphatic rings. The third-order valence-electron chi connectivity index (χ3n) is 9.00. The molecule has 44 heavy (non-hydrogen) atoms. The molecule has 0 amide bonds. The summed E-state index contributed by atoms with van der Waals surface area (Å²) in [6.45, 7) is 9.08. The van der Waals surface area contributed by atoms with Gasteiger partial charge in [-0.3, -0.25) is 9.88 Å². The van der Waals surface area contributed by atoms with E-state index in [1.165, 1.54) is 6.07 Å². The van der Waals surface area contributed by atoms with Crippen LogP contribution in [-0.2, 0) is 4.74 Å². The molecule has 3 saturated heterocycles. The minimum absolute atomic E-state index is 0.109. The Bertz CT molecular complexity index is 1690. The van der Waals surface area contributed by atoms with Gasteiger partial charge in [-0.1, -0.05) is 23.2 Å². The van der Waals surface area contributed by atoms with Crippen LogP contribution in [0.2, 0.25) is 10.0 Å². The molecule has 9 nitrogen and oxygen atoms in total. The van der Waals surface area contributed by atoms with Crippen molar-refractivity contribution in [3.8, 4) is 17.0 Å². The fourth-order valence-electron chi connectivity index (χ4n) is 6.69. The minimum atomic E-state index is -0.647. The van der Waals surface area contributed by atoms with Crippen LogP contribution < -0.4 is 9.64 Å². The van der Waals surface area contributed by atoms with Crippen molar-refractivity contribution in [1.82, 2.24) is 24.6 Å². The number of benzene rings is 1. The highest BCUT2D eigenvalue weighted by atomic mass is 35.5. The molecule has 232 valence electrons. The van der Waals surface area contributed by atoms with E-state index in [1.54, 1.807) is 18.6 Å². The van der Waals surface area contributed by atoms with Crippen LogP contribution in [0.25, 0.3) is 22.2 Å². The van der Waals surface area contributed by atoms with Gasteiger partial charge in [0.25, 0.3) is 0 Å². The number of likely N-dealkylation sites (tertiary alicyclic amines) is 1. The molecule has 4 aromatic rings. The minimum Gasteiger partial charge on any atom is -0.486 e. The highest BCUT2D eigenvalue weighted by Crippen LogP contribution is 2.40. The molecular formula is C32H35Cl2FN6O3. The maximum Gasteiger partial charge on any atom is 0.166 e. The molecule has 1 aromatic carbocycles. The maximum absolute atomic E-state index is 15.7. The second-order valence-corrected chi connectivity index (χ2v) is 13.6. The molecule has 1 unspecified atom stereocenters. The monoisotopic (exact) mass is 640 g/mol. The van der Waals surface area contributed by atoms with E-state index in [0.29, 0.717) is 71.2 Å². The molecule has 0 radical (unpaired) electrons. The summed E-state index contributed by atoms with van der Waals surface area (Å²) in [4.78, 5) is 12.8. The lowest BCUT2D eigenvalue weighted by molar-refractivity contribution is -0.134. The number of hydrogen-bond donors (Lipinski definition) is 1. The first-order chi connectivity index (χ1) is 21.0. The van der Waals surface area contributed by atoms with Gasteiger partial charge in [0.1, 0.15) is 17.5 Å². The first-order valence-electron chi connectivity index (χ1n) is 15.0. The summed E-state index contributed by atoms with van der Waals surface area (Å²) in [6.07, 6.45) is 7.01. The van der Waals surface area contributed by atoms with Crippen LogP contribution in [-0.4, -0.2) is 73.7 Å². The zero-order chi connectivity index (χ0) is 30.8. The largest absolute Gasteiger partial charge is 0.486 e. The molecule has 3 aliphatic heterocycles. The standard InChI is InChI=1S/C32H35Cl2FN6O3/c1-19(28-23(33)13-36-14-24(28)34)44-21-7-8-26-22(11-21)29(38-41(26)27-6-4-5-9-43-27)20-10-25(35)30(37-12-20)39-15-31(2,16-39)40-17-32(3,42)18-40/h7-8,10-14,19,27,42H,4-6,9,15-18H2,1-3H3/t19-,27?/m1/s1. The fraction of sp³-hybridized carbons (Fsp3) is 0.469. The van der Waals surface area contributed by atoms with Crippen LogP contribution in [0.4, 0.5) is 10.2 Å². The summed E-state index contributed by atoms with van der Waals surface area (Å²) in [5.74, 6) is 0.510. The van der Waals surface area contributed by atoms with Gasteiger partial charge < -0.3 is 19.5 Å². The highest BCUT2D eigenvalue weighted by Gasteiger charge is 2.52. The Morgan fingerprint density at radius 3 is 2.48 bits per heavy atom. The Morgan fingerprint density at radius 2 is 1.82 bits per heavy atom. The quantitative estimate of drug-likeness (QED) is 0.247. The van der Waals surface area contributed by atoms with E-state index >= 15 is 4.39 Å². The highest BCUT2D eigenvalue weighted by molar-refractivity contribution is 6.35. The zero-order valence-corrected chi connectivity index (χ0v) is 26.4. The Labute approximate surface area is 265 Å². The average molecular weight is 642 g/mol. The second-order valence-electron chi connectivity index (χ2n) is 12.8. The van der Waals surface area contributed by atoms with Gasteiger partial charge in [0.15, 0.2) is 17.9 Å². The summed E-state index contributed by atoms with van der Waals surface area (Å²) < 4.78 is 30.0. The van der Waals surface area contributed by atoms with Gasteiger partial charge >= 0.3 is 0 Å². The van der Waals surface area contributed by atoms with Crippen LogP contribution in [0.1, 0.15) is 57.9 Å². The molecule has 0 saturated carbocycles. The van der Waals surface area contributed by atoms with Crippen molar-refractivity contribution in [2.45, 2.75) is 63.5 Å². The summed E-state index contributed by atoms with van der Waals surface area (Å²) in [5, 5.41) is 16.8. The summed E-state index contributed by atoms with van der Waals surface area (Å²) in [6, 6.07) is 7.25. The lowest BCUT2D eigenvalue weighted by Gasteiger charge is -2.61. The van der Waals surface area contributed by atoms with Gasteiger partial charge in [-0.2, -0.15) is 5.10 Å². The maximum atomic E-state index is 15.7. The predicted molar refractivity (Wildman–Crippen MR) is 168 cm³/mol. The summed E-state index contributed by atoms with van der Waals surface area (Å²) in [7, 11) is 0. The Morgan fingerprint density at radius 1 is 1.07 bits per heavy atom. The number of halogens is 3. The van der Waals surface area contributed by atoms with E-state index in [9.17, 15) is 5.11 Å². The van der Waals surface area contributed by atoms with Gasteiger partial charge in [0, 0.05) is 67.9 Å². The fourth-order valence-corrected chi connectivity index (χ4v) is 7.36. The molecule has 7 rings (SSSR count). The number of fused-ring (bicyclic) bond motifs is 1. The number of aromatic nitrogens is 4. The Kier molecular flexibility index (Phi) is 7.49. The van der Waals surface area contributed by atoms with Crippen molar-refractivity contribution in [3.05, 3.63) is 64.3 Å². The number of aliphatic hydroxyl groups is 1. The first-order valence-corrected chi connectivity index (χ1v) is 15.7. The van der Waals surface area contributed by atoms with Crippen LogP contribution in [0.15, 0.2) is 42.9 Å². The second kappa shape index (κ2) is 11.1. The summed E-state index contributed by atoms with van der Waals surface area (Å²) >= 11 is 12.8. The van der Waals surface area contributed by atoms with Crippen molar-refractivity contribution < 1.29 is 19.0 Å². The van der Waals surface area contributed by atoms with Crippen molar-refractivity contribution in [1.29, 1.82) is 0 Å². The van der Waals surface area contributed by atoms with Crippen molar-refractivity contribution >= 4 is 39.9 Å². The molecule has 0 aliphatic carbocycles. The molecule has 6 heterocycles. The smallest absolute Gasteiger partial charge is 0.166 e. The molecule has 0 spiro atoms. The van der Waals surface area contributed by atoms with Gasteiger partial charge in [0.2, 0.25) is 0 Å². The number of pyridine rings is 2. The van der Waals surface area contributed by atoms with Crippen LogP contribution in [0, 0.1) is 5.82 Å². The van der Waals surface area contributed by atoms with Gasteiger partial charge in [0.05, 0.1) is 26.7 Å². The van der Waals surface area contributed by atoms with E-state index in [0.717, 1.165) is 30.2 Å². The average Bonchev–Trinajstić information content (AvgIpc) is 3.33. The third kappa shape index (κ3) is 5.30. The van der Waals surface area contributed by atoms with E-state index in [-0.39, 0.29) is 11.8 Å². The number of anilines is 1. The molecule has 1 N–H and O–H groups in total. The molecule has 3 aromatic heterocycles. The van der Waals surface area contributed by atoms with Gasteiger partial charge in [-0.15, -0.1) is 0 Å². The summed E-state index contributed by atoms with van der Waals surface area (Å²) in [5.41, 5.74) is 1.92. The normalized spacial score (nSPS) is 22.0. The van der Waals surface area contributed by atoms with E-state index in [4.69, 9.17) is 37.8 Å². The first kappa shape index (κ1) is 29.7. The van der Waals surface area contributed by atoms with Crippen molar-refractivity contribution in [2.24, 2.45) is 0 Å². The lowest BCUT2D eigenvalue weighted by atomic mass is 9.82. The van der Waals surface area contributed by atoms with E-state index in [2.05, 4.69) is 21.8 Å². The predicted octanol–water partition coefficient (Wildman–Crippen LogP) is 6.42. The number of hydrogen-bond acceptors (Lipinski definition) is 8. The van der Waals surface area contributed by atoms with Crippen molar-refractivity contribution in [2.75, 3.05) is 37.7 Å². The number of ether oxygens (including phenoxy) is 2. The SMILES string of the molecule is C[C@@H](Oc1ccc2c(c1)c(-c1cnc(N3CC(C)(N4CC(C)(O)C4)C3)c(F)c1)nn2C1CCCCO1)c1c(Cl)cncc1Cl. The number of nitrogens with zero attached hydrogens (tertiary/aromatic N) is 6. The van der Waals surface area contributed by atoms with Gasteiger partial charge in [-0.05, 0) is 64.3 Å². The zero-order valence-electron chi connectivity index (χ0n) is 24.9. The Hall–Kier alpha value is -3.02. The van der Waals surface area contributed by atoms with Crippen LogP contribution in [0.3, 0.4) is 0 Å². The third-order valence-corrected chi connectivity index (χ3v) is 9.60. The van der Waals surface area contributed by atoms with Crippen molar-refractivity contribution in [3.63, 3.8) is 0 Å². The number of β-amino-alcohol motifs (C(OH)–C–C–N with tert-alkyl or cyclic N) is 1. The van der Waals surface area contributed by atoms with E-state index in [1.807, 2.05) is 41.6 Å². The molecule has 0 bridgehead atoms. The molecule has 2 atom stereocenters. The topological polar surface area (TPSA) is 88.8 Å². The molecule has 12 heteroatoms. The van der Waals surface area contributed by atoms with Gasteiger partial charge in [-0.25, -0.2) is 14.1 Å². The number of rotatable bonds is 7. The van der Waals surface area contributed by atoms with Crippen LogP contribution in [0.5, 0.6) is 5.75 Å². The lowest BCUT2D eigenvalue weighted by Crippen LogP contribution is -2.77. The molecular weight excluding hydrogens is 606 g/mol.